The second-order valence-electron chi connectivity index (χ2n) is 12.2. The van der Waals surface area contributed by atoms with Gasteiger partial charge in [-0.3, -0.25) is 14.4 Å². The summed E-state index contributed by atoms with van der Waals surface area (Å²) in [5.41, 5.74) is 1.70. The number of hydrogen-bond donors (Lipinski definition) is 3. The number of nitrogens with one attached hydrogen (secondary N) is 2. The Morgan fingerprint density at radius 3 is 2.59 bits per heavy atom. The lowest BCUT2D eigenvalue weighted by Gasteiger charge is -2.44. The number of aromatic nitrogens is 2. The highest BCUT2D eigenvalue weighted by Crippen LogP contribution is 2.48. The van der Waals surface area contributed by atoms with E-state index in [9.17, 15) is 23.9 Å². The highest BCUT2D eigenvalue weighted by Gasteiger charge is 2.53. The predicted molar refractivity (Wildman–Crippen MR) is 154 cm³/mol. The normalized spacial score (nSPS) is 25.3. The molecule has 2 aliphatic carbocycles. The summed E-state index contributed by atoms with van der Waals surface area (Å²) in [7, 11) is 0. The number of halogens is 1. The second kappa shape index (κ2) is 11.4. The molecule has 3 atom stereocenters. The molecule has 1 aromatic heterocycles. The largest absolute Gasteiger partial charge is 0.388 e. The first-order chi connectivity index (χ1) is 19.5. The van der Waals surface area contributed by atoms with Crippen LogP contribution in [0.4, 0.5) is 4.39 Å². The lowest BCUT2D eigenvalue weighted by Crippen LogP contribution is -2.57. The maximum atomic E-state index is 14.3. The first-order valence-corrected chi connectivity index (χ1v) is 14.5. The molecule has 218 valence electrons. The van der Waals surface area contributed by atoms with Crippen molar-refractivity contribution in [3.05, 3.63) is 86.6 Å². The third-order valence-corrected chi connectivity index (χ3v) is 9.22. The van der Waals surface area contributed by atoms with Crippen molar-refractivity contribution in [1.82, 2.24) is 20.4 Å². The summed E-state index contributed by atoms with van der Waals surface area (Å²) in [5, 5.41) is 20.7. The SMILES string of the molecule is Cc1cc(Cc2ccc(C(=O)NCC(=O)N3[C@H](C4(C)C=C(F)C=CC4)CC[C@@H]3C3(O)CCCC3)cc2C)c(=O)[nH]n1. The molecule has 1 aliphatic heterocycles. The van der Waals surface area contributed by atoms with Gasteiger partial charge in [-0.25, -0.2) is 9.49 Å². The van der Waals surface area contributed by atoms with Gasteiger partial charge in [0, 0.05) is 29.0 Å². The fourth-order valence-corrected chi connectivity index (χ4v) is 7.02. The standard InChI is InChI=1S/C32H39FN4O4/c1-20-15-23(9-8-22(20)17-24-16-21(2)35-36-30(24)40)29(39)34-19-28(38)37-26(31(3)12-6-7-25(33)18-31)10-11-27(37)32(41)13-4-5-14-32/h6-9,15-16,18,26-27,41H,4-5,10-14,17,19H2,1-3H3,(H,34,39)(H,36,40)/t26-,27+,31?/m0/s1. The summed E-state index contributed by atoms with van der Waals surface area (Å²) >= 11 is 0. The first-order valence-electron chi connectivity index (χ1n) is 14.5. The van der Waals surface area contributed by atoms with Gasteiger partial charge in [0.15, 0.2) is 0 Å². The molecule has 0 spiro atoms. The number of aliphatic hydroxyl groups is 1. The van der Waals surface area contributed by atoms with Crippen molar-refractivity contribution in [2.24, 2.45) is 5.41 Å². The first kappa shape index (κ1) is 28.9. The van der Waals surface area contributed by atoms with Gasteiger partial charge in [-0.2, -0.15) is 5.10 Å². The van der Waals surface area contributed by atoms with E-state index >= 15 is 0 Å². The van der Waals surface area contributed by atoms with E-state index in [1.807, 2.05) is 26.8 Å². The average molecular weight is 563 g/mol. The summed E-state index contributed by atoms with van der Waals surface area (Å²) < 4.78 is 14.3. The molecular weight excluding hydrogens is 523 g/mol. The van der Waals surface area contributed by atoms with Crippen LogP contribution >= 0.6 is 0 Å². The molecule has 0 radical (unpaired) electrons. The Balaban J connectivity index is 1.31. The van der Waals surface area contributed by atoms with Crippen LogP contribution in [0.3, 0.4) is 0 Å². The molecule has 1 aromatic carbocycles. The lowest BCUT2D eigenvalue weighted by atomic mass is 9.75. The molecule has 2 heterocycles. The highest BCUT2D eigenvalue weighted by atomic mass is 19.1. The molecule has 9 heteroatoms. The van der Waals surface area contributed by atoms with E-state index in [2.05, 4.69) is 15.5 Å². The summed E-state index contributed by atoms with van der Waals surface area (Å²) in [4.78, 5) is 40.8. The summed E-state index contributed by atoms with van der Waals surface area (Å²) in [6.07, 6.45) is 10.3. The molecule has 3 N–H and O–H groups in total. The van der Waals surface area contributed by atoms with E-state index in [1.54, 1.807) is 35.3 Å². The van der Waals surface area contributed by atoms with Crippen LogP contribution in [-0.4, -0.2) is 56.2 Å². The zero-order valence-electron chi connectivity index (χ0n) is 24.0. The summed E-state index contributed by atoms with van der Waals surface area (Å²) in [6.45, 7) is 5.44. The number of likely N-dealkylation sites (tertiary alicyclic amines) is 1. The van der Waals surface area contributed by atoms with Crippen LogP contribution in [0.1, 0.15) is 84.6 Å². The van der Waals surface area contributed by atoms with E-state index in [4.69, 9.17) is 0 Å². The number of H-pyrrole nitrogens is 1. The van der Waals surface area contributed by atoms with E-state index in [-0.39, 0.29) is 41.8 Å². The molecule has 8 nitrogen and oxygen atoms in total. The molecule has 1 saturated heterocycles. The number of aromatic amines is 1. The minimum Gasteiger partial charge on any atom is -0.388 e. The molecule has 41 heavy (non-hydrogen) atoms. The Hall–Kier alpha value is -3.59. The maximum absolute atomic E-state index is 14.3. The smallest absolute Gasteiger partial charge is 0.267 e. The van der Waals surface area contributed by atoms with Crippen LogP contribution in [0.2, 0.25) is 0 Å². The number of nitrogens with zero attached hydrogens (tertiary/aromatic N) is 2. The Kier molecular flexibility index (Phi) is 8.01. The van der Waals surface area contributed by atoms with Gasteiger partial charge in [-0.1, -0.05) is 31.9 Å². The number of aryl methyl sites for hydroxylation is 2. The zero-order chi connectivity index (χ0) is 29.4. The summed E-state index contributed by atoms with van der Waals surface area (Å²) in [6, 6.07) is 6.37. The van der Waals surface area contributed by atoms with Gasteiger partial charge in [0.25, 0.3) is 11.5 Å². The fraction of sp³-hybridized carbons (Fsp3) is 0.500. The lowest BCUT2D eigenvalue weighted by molar-refractivity contribution is -0.142. The topological polar surface area (TPSA) is 115 Å². The van der Waals surface area contributed by atoms with Gasteiger partial charge in [-0.05, 0) is 87.4 Å². The van der Waals surface area contributed by atoms with E-state index < -0.39 is 11.0 Å². The van der Waals surface area contributed by atoms with Gasteiger partial charge in [0.2, 0.25) is 5.91 Å². The van der Waals surface area contributed by atoms with Gasteiger partial charge < -0.3 is 15.3 Å². The third-order valence-electron chi connectivity index (χ3n) is 9.22. The van der Waals surface area contributed by atoms with Crippen LogP contribution < -0.4 is 10.9 Å². The van der Waals surface area contributed by atoms with Crippen LogP contribution in [0.15, 0.2) is 53.1 Å². The number of benzene rings is 1. The Morgan fingerprint density at radius 2 is 1.88 bits per heavy atom. The zero-order valence-corrected chi connectivity index (χ0v) is 24.0. The van der Waals surface area contributed by atoms with Crippen molar-refractivity contribution in [1.29, 1.82) is 0 Å². The van der Waals surface area contributed by atoms with E-state index in [1.165, 1.54) is 6.08 Å². The van der Waals surface area contributed by atoms with Crippen molar-refractivity contribution < 1.29 is 19.1 Å². The van der Waals surface area contributed by atoms with Crippen molar-refractivity contribution in [3.63, 3.8) is 0 Å². The number of carbonyl (C=O) groups excluding carboxylic acids is 2. The second-order valence-corrected chi connectivity index (χ2v) is 12.2. The Morgan fingerprint density at radius 1 is 1.15 bits per heavy atom. The van der Waals surface area contributed by atoms with Gasteiger partial charge in [0.05, 0.1) is 23.9 Å². The molecule has 1 saturated carbocycles. The molecular formula is C32H39FN4O4. The molecule has 1 unspecified atom stereocenters. The number of hydrogen-bond acceptors (Lipinski definition) is 5. The van der Waals surface area contributed by atoms with Crippen molar-refractivity contribution in [2.45, 2.75) is 89.8 Å². The highest BCUT2D eigenvalue weighted by molar-refractivity contribution is 5.96. The number of rotatable bonds is 7. The van der Waals surface area contributed by atoms with Crippen LogP contribution in [-0.2, 0) is 11.2 Å². The third kappa shape index (κ3) is 5.91. The van der Waals surface area contributed by atoms with Gasteiger partial charge in [-0.15, -0.1) is 0 Å². The van der Waals surface area contributed by atoms with Gasteiger partial charge >= 0.3 is 0 Å². The summed E-state index contributed by atoms with van der Waals surface area (Å²) in [5.74, 6) is -0.961. The van der Waals surface area contributed by atoms with Crippen molar-refractivity contribution in [3.8, 4) is 0 Å². The minimum absolute atomic E-state index is 0.216. The monoisotopic (exact) mass is 562 g/mol. The fourth-order valence-electron chi connectivity index (χ4n) is 7.02. The Bertz CT molecular complexity index is 1460. The molecule has 5 rings (SSSR count). The number of allylic oxidation sites excluding steroid dienone is 3. The van der Waals surface area contributed by atoms with Crippen LogP contribution in [0.5, 0.6) is 0 Å². The Labute approximate surface area is 239 Å². The van der Waals surface area contributed by atoms with E-state index in [0.717, 1.165) is 29.7 Å². The number of carbonyl (C=O) groups is 2. The molecule has 2 amide bonds. The van der Waals surface area contributed by atoms with Gasteiger partial charge in [0.1, 0.15) is 5.83 Å². The average Bonchev–Trinajstić information content (AvgIpc) is 3.58. The molecule has 3 aliphatic rings. The maximum Gasteiger partial charge on any atom is 0.267 e. The van der Waals surface area contributed by atoms with Crippen molar-refractivity contribution >= 4 is 11.8 Å². The minimum atomic E-state index is -0.959. The van der Waals surface area contributed by atoms with Crippen molar-refractivity contribution in [2.75, 3.05) is 6.54 Å². The molecule has 2 aromatic rings. The predicted octanol–water partition coefficient (Wildman–Crippen LogP) is 4.19. The van der Waals surface area contributed by atoms with E-state index in [0.29, 0.717) is 49.7 Å². The molecule has 2 fully saturated rings. The quantitative estimate of drug-likeness (QED) is 0.468. The van der Waals surface area contributed by atoms with Crippen LogP contribution in [0, 0.1) is 19.3 Å². The van der Waals surface area contributed by atoms with Crippen LogP contribution in [0.25, 0.3) is 0 Å². The number of amides is 2. The molecule has 0 bridgehead atoms.